The lowest BCUT2D eigenvalue weighted by molar-refractivity contribution is 0.236. The highest BCUT2D eigenvalue weighted by molar-refractivity contribution is 7.95. The van der Waals surface area contributed by atoms with Crippen LogP contribution in [0.2, 0.25) is 0 Å². The quantitative estimate of drug-likeness (QED) is 0.781. The monoisotopic (exact) mass is 346 g/mol. The van der Waals surface area contributed by atoms with Crippen LogP contribution in [-0.2, 0) is 14.6 Å². The Morgan fingerprint density at radius 2 is 1.92 bits per heavy atom. The first-order valence-corrected chi connectivity index (χ1v) is 9.30. The maximum absolute atomic E-state index is 12.7. The van der Waals surface area contributed by atoms with Crippen molar-refractivity contribution in [1.82, 2.24) is 4.31 Å². The molecule has 0 N–H and O–H groups in total. The first-order chi connectivity index (χ1) is 11.4. The Hall–Kier alpha value is -1.89. The summed E-state index contributed by atoms with van der Waals surface area (Å²) < 4.78 is 32.0. The summed E-state index contributed by atoms with van der Waals surface area (Å²) in [7, 11) is 0.0798. The largest absolute Gasteiger partial charge is 0.593 e. The molecule has 2 aromatic carbocycles. The summed E-state index contributed by atoms with van der Waals surface area (Å²) in [6, 6.07) is 14.9. The van der Waals surface area contributed by atoms with Gasteiger partial charge in [-0.3, -0.25) is 0 Å². The van der Waals surface area contributed by atoms with Crippen molar-refractivity contribution in [2.45, 2.75) is 17.9 Å². The molecule has 1 fully saturated rings. The van der Waals surface area contributed by atoms with Crippen molar-refractivity contribution in [3.05, 3.63) is 54.1 Å². The summed E-state index contributed by atoms with van der Waals surface area (Å²) in [5.41, 5.74) is 2.33. The van der Waals surface area contributed by atoms with Crippen LogP contribution in [0.25, 0.3) is 0 Å². The first-order valence-electron chi connectivity index (χ1n) is 7.86. The summed E-state index contributed by atoms with van der Waals surface area (Å²) in [5.74, 6) is 0.546. The molecule has 1 unspecified atom stereocenters. The Labute approximate surface area is 144 Å². The van der Waals surface area contributed by atoms with Crippen molar-refractivity contribution in [3.63, 3.8) is 0 Å². The van der Waals surface area contributed by atoms with Crippen LogP contribution in [0.1, 0.15) is 5.56 Å². The molecule has 0 aromatic heterocycles. The topological polar surface area (TPSA) is 55.8 Å². The highest BCUT2D eigenvalue weighted by Gasteiger charge is 2.43. The van der Waals surface area contributed by atoms with Crippen LogP contribution in [0.15, 0.2) is 53.4 Å². The van der Waals surface area contributed by atoms with E-state index in [-0.39, 0.29) is 10.9 Å². The van der Waals surface area contributed by atoms with E-state index in [0.29, 0.717) is 18.8 Å². The Balaban J connectivity index is 1.71. The van der Waals surface area contributed by atoms with Crippen molar-refractivity contribution in [2.75, 3.05) is 32.1 Å². The third-order valence-electron chi connectivity index (χ3n) is 4.55. The van der Waals surface area contributed by atoms with Gasteiger partial charge in [0.2, 0.25) is 0 Å². The van der Waals surface area contributed by atoms with Gasteiger partial charge in [-0.1, -0.05) is 28.5 Å². The highest BCUT2D eigenvalue weighted by atomic mass is 32.3. The van der Waals surface area contributed by atoms with Crippen LogP contribution in [0.3, 0.4) is 0 Å². The molecule has 2 aromatic rings. The molecule has 0 bridgehead atoms. The molecule has 0 spiro atoms. The summed E-state index contributed by atoms with van der Waals surface area (Å²) >= 11 is 0. The molecule has 1 saturated heterocycles. The summed E-state index contributed by atoms with van der Waals surface area (Å²) in [4.78, 5) is 2.44. The van der Waals surface area contributed by atoms with Crippen LogP contribution in [-0.4, -0.2) is 42.1 Å². The third-order valence-corrected chi connectivity index (χ3v) is 6.38. The van der Waals surface area contributed by atoms with Gasteiger partial charge in [0.1, 0.15) is 5.75 Å². The van der Waals surface area contributed by atoms with Crippen LogP contribution in [0.5, 0.6) is 5.75 Å². The molecule has 3 rings (SSSR count). The molecule has 1 aliphatic rings. The van der Waals surface area contributed by atoms with Gasteiger partial charge < -0.3 is 14.2 Å². The normalized spacial score (nSPS) is 17.8. The van der Waals surface area contributed by atoms with Crippen LogP contribution in [0, 0.1) is 6.92 Å². The van der Waals surface area contributed by atoms with E-state index < -0.39 is 10.4 Å². The van der Waals surface area contributed by atoms with Gasteiger partial charge in [-0.05, 0) is 30.7 Å². The Morgan fingerprint density at radius 1 is 1.21 bits per heavy atom. The van der Waals surface area contributed by atoms with E-state index in [9.17, 15) is 8.76 Å². The van der Waals surface area contributed by atoms with E-state index in [2.05, 4.69) is 24.0 Å². The van der Waals surface area contributed by atoms with E-state index in [1.807, 2.05) is 19.2 Å². The van der Waals surface area contributed by atoms with Crippen molar-refractivity contribution in [2.24, 2.45) is 0 Å². The van der Waals surface area contributed by atoms with Gasteiger partial charge in [0, 0.05) is 18.8 Å². The zero-order chi connectivity index (χ0) is 17.3. The van der Waals surface area contributed by atoms with Crippen molar-refractivity contribution in [1.29, 1.82) is 0 Å². The molecule has 24 heavy (non-hydrogen) atoms. The lowest BCUT2D eigenvalue weighted by atomic mass is 10.1. The minimum atomic E-state index is -3.47. The SMILES string of the molecule is COc1cccc([S+](=O)([O-])N2CC(N(C)c3ccccc3C)C2)c1. The van der Waals surface area contributed by atoms with E-state index >= 15 is 0 Å². The van der Waals surface area contributed by atoms with Crippen molar-refractivity contribution >= 4 is 16.1 Å². The van der Waals surface area contributed by atoms with E-state index in [1.165, 1.54) is 17.0 Å². The average Bonchev–Trinajstić information content (AvgIpc) is 2.53. The van der Waals surface area contributed by atoms with Gasteiger partial charge in [0.25, 0.3) is 0 Å². The molecule has 0 amide bonds. The van der Waals surface area contributed by atoms with Gasteiger partial charge in [0.15, 0.2) is 15.3 Å². The third kappa shape index (κ3) is 3.05. The summed E-state index contributed by atoms with van der Waals surface area (Å²) in [6.45, 7) is 3.05. The first kappa shape index (κ1) is 17.0. The molecule has 1 heterocycles. The molecular formula is C18H22N2O3S. The number of sulfonamides is 1. The molecule has 6 heteroatoms. The van der Waals surface area contributed by atoms with Gasteiger partial charge in [0.05, 0.1) is 26.2 Å². The predicted molar refractivity (Wildman–Crippen MR) is 95.0 cm³/mol. The number of nitrogens with zero attached hydrogens (tertiary/aromatic N) is 2. The van der Waals surface area contributed by atoms with E-state index in [4.69, 9.17) is 4.74 Å². The maximum Gasteiger partial charge on any atom is 0.179 e. The summed E-state index contributed by atoms with van der Waals surface area (Å²) in [5, 5.41) is 0. The zero-order valence-electron chi connectivity index (χ0n) is 14.1. The zero-order valence-corrected chi connectivity index (χ0v) is 15.0. The Morgan fingerprint density at radius 3 is 2.58 bits per heavy atom. The second-order valence-electron chi connectivity index (χ2n) is 6.05. The fourth-order valence-corrected chi connectivity index (χ4v) is 4.47. The lowest BCUT2D eigenvalue weighted by Crippen LogP contribution is -2.61. The molecular weight excluding hydrogens is 324 g/mol. The predicted octanol–water partition coefficient (Wildman–Crippen LogP) is 2.73. The standard InChI is InChI=1S/C18H22N2O3S/c1-14-7-4-5-10-18(14)19(2)15-12-20(13-15)24(21,22)17-9-6-8-16(11-17)23-3/h4-11,15H,12-13H2,1-3H3. The van der Waals surface area contributed by atoms with Crippen molar-refractivity contribution < 1.29 is 13.5 Å². The minimum Gasteiger partial charge on any atom is -0.593 e. The number of benzene rings is 2. The second-order valence-corrected chi connectivity index (χ2v) is 7.99. The van der Waals surface area contributed by atoms with Gasteiger partial charge in [-0.15, -0.1) is 4.31 Å². The highest BCUT2D eigenvalue weighted by Crippen LogP contribution is 2.32. The number of aryl methyl sites for hydroxylation is 1. The van der Waals surface area contributed by atoms with Crippen LogP contribution >= 0.6 is 0 Å². The molecule has 1 atom stereocenters. The second kappa shape index (κ2) is 6.55. The number of likely N-dealkylation sites (N-methyl/N-ethyl adjacent to an activating group) is 1. The lowest BCUT2D eigenvalue weighted by Gasteiger charge is -2.44. The minimum absolute atomic E-state index is 0.187. The van der Waals surface area contributed by atoms with Crippen LogP contribution in [0.4, 0.5) is 5.69 Å². The molecule has 128 valence electrons. The number of hydrogen-bond donors (Lipinski definition) is 0. The molecule has 5 nitrogen and oxygen atoms in total. The summed E-state index contributed by atoms with van der Waals surface area (Å²) in [6.07, 6.45) is 0. The number of para-hydroxylation sites is 1. The van der Waals surface area contributed by atoms with E-state index in [1.54, 1.807) is 24.3 Å². The number of ether oxygens (including phenoxy) is 1. The van der Waals surface area contributed by atoms with Crippen molar-refractivity contribution in [3.8, 4) is 5.75 Å². The fourth-order valence-electron chi connectivity index (χ4n) is 2.92. The van der Waals surface area contributed by atoms with Gasteiger partial charge in [-0.25, -0.2) is 0 Å². The van der Waals surface area contributed by atoms with Gasteiger partial charge in [-0.2, -0.15) is 0 Å². The Kier molecular flexibility index (Phi) is 4.62. The molecule has 0 aliphatic carbocycles. The van der Waals surface area contributed by atoms with Crippen LogP contribution < -0.4 is 9.64 Å². The average molecular weight is 346 g/mol. The van der Waals surface area contributed by atoms with E-state index in [0.717, 1.165) is 5.69 Å². The number of methoxy groups -OCH3 is 1. The maximum atomic E-state index is 12.7. The smallest absolute Gasteiger partial charge is 0.179 e. The van der Waals surface area contributed by atoms with Gasteiger partial charge >= 0.3 is 0 Å². The Bertz CT molecular complexity index is 774. The fraction of sp³-hybridized carbons (Fsp3) is 0.333. The number of rotatable bonds is 5. The number of hydrogen-bond acceptors (Lipinski definition) is 4. The molecule has 0 saturated carbocycles. The molecule has 1 aliphatic heterocycles. The number of anilines is 1. The molecule has 0 radical (unpaired) electrons.